The standard InChI is InChI=1S/C17H27N3/c1-19(2)16-7-9-20(10-8-16)13-15-12-18-11-14-5-3-4-6-17(14)15/h3-6,15-16,18H,7-13H2,1-2H3. The number of benzene rings is 1. The van der Waals surface area contributed by atoms with Gasteiger partial charge in [-0.25, -0.2) is 0 Å². The molecule has 2 aliphatic heterocycles. The van der Waals surface area contributed by atoms with Crippen molar-refractivity contribution in [3.05, 3.63) is 35.4 Å². The van der Waals surface area contributed by atoms with E-state index in [1.54, 1.807) is 5.56 Å². The van der Waals surface area contributed by atoms with Crippen LogP contribution >= 0.6 is 0 Å². The molecule has 3 rings (SSSR count). The third kappa shape index (κ3) is 3.05. The van der Waals surface area contributed by atoms with Crippen LogP contribution in [0.4, 0.5) is 0 Å². The number of rotatable bonds is 3. The summed E-state index contributed by atoms with van der Waals surface area (Å²) >= 11 is 0. The van der Waals surface area contributed by atoms with E-state index in [9.17, 15) is 0 Å². The topological polar surface area (TPSA) is 18.5 Å². The van der Waals surface area contributed by atoms with Crippen LogP contribution in [0.25, 0.3) is 0 Å². The predicted octanol–water partition coefficient (Wildman–Crippen LogP) is 1.90. The first kappa shape index (κ1) is 14.1. The number of hydrogen-bond acceptors (Lipinski definition) is 3. The van der Waals surface area contributed by atoms with Crippen LogP contribution in [0, 0.1) is 0 Å². The van der Waals surface area contributed by atoms with Gasteiger partial charge in [-0.15, -0.1) is 0 Å². The second-order valence-electron chi connectivity index (χ2n) is 6.52. The van der Waals surface area contributed by atoms with E-state index in [4.69, 9.17) is 0 Å². The Balaban J connectivity index is 1.60. The summed E-state index contributed by atoms with van der Waals surface area (Å²) in [5.41, 5.74) is 3.06. The monoisotopic (exact) mass is 273 g/mol. The largest absolute Gasteiger partial charge is 0.312 e. The molecule has 110 valence electrons. The van der Waals surface area contributed by atoms with Crippen molar-refractivity contribution in [2.75, 3.05) is 40.3 Å². The van der Waals surface area contributed by atoms with Crippen LogP contribution in [-0.2, 0) is 6.54 Å². The van der Waals surface area contributed by atoms with Gasteiger partial charge in [0, 0.05) is 31.6 Å². The Labute approximate surface area is 123 Å². The lowest BCUT2D eigenvalue weighted by molar-refractivity contribution is 0.138. The minimum absolute atomic E-state index is 0.663. The van der Waals surface area contributed by atoms with E-state index >= 15 is 0 Å². The number of hydrogen-bond donors (Lipinski definition) is 1. The molecule has 0 amide bonds. The molecule has 0 bridgehead atoms. The van der Waals surface area contributed by atoms with Crippen molar-refractivity contribution in [3.63, 3.8) is 0 Å². The molecule has 1 aromatic rings. The molecule has 1 atom stereocenters. The molecule has 3 heteroatoms. The molecule has 0 saturated carbocycles. The normalized spacial score (nSPS) is 24.9. The van der Waals surface area contributed by atoms with Crippen LogP contribution in [0.1, 0.15) is 29.9 Å². The van der Waals surface area contributed by atoms with Crippen molar-refractivity contribution in [1.82, 2.24) is 15.1 Å². The van der Waals surface area contributed by atoms with Crippen molar-refractivity contribution in [3.8, 4) is 0 Å². The molecule has 1 aromatic carbocycles. The van der Waals surface area contributed by atoms with E-state index in [-0.39, 0.29) is 0 Å². The molecule has 0 radical (unpaired) electrons. The van der Waals surface area contributed by atoms with Crippen molar-refractivity contribution in [2.45, 2.75) is 31.3 Å². The fraction of sp³-hybridized carbons (Fsp3) is 0.647. The molecule has 2 aliphatic rings. The summed E-state index contributed by atoms with van der Waals surface area (Å²) in [6.45, 7) is 5.88. The Morgan fingerprint density at radius 3 is 2.70 bits per heavy atom. The first-order chi connectivity index (χ1) is 9.74. The number of nitrogens with one attached hydrogen (secondary N) is 1. The molecular weight excluding hydrogens is 246 g/mol. The maximum atomic E-state index is 3.57. The average Bonchev–Trinajstić information content (AvgIpc) is 2.48. The van der Waals surface area contributed by atoms with E-state index < -0.39 is 0 Å². The van der Waals surface area contributed by atoms with Crippen LogP contribution in [0.15, 0.2) is 24.3 Å². The van der Waals surface area contributed by atoms with E-state index in [1.807, 2.05) is 0 Å². The molecular formula is C17H27N3. The molecule has 1 fully saturated rings. The van der Waals surface area contributed by atoms with Crippen molar-refractivity contribution >= 4 is 0 Å². The Hall–Kier alpha value is -0.900. The highest BCUT2D eigenvalue weighted by atomic mass is 15.2. The molecule has 20 heavy (non-hydrogen) atoms. The van der Waals surface area contributed by atoms with Crippen LogP contribution in [-0.4, -0.2) is 56.1 Å². The van der Waals surface area contributed by atoms with Gasteiger partial charge in [0.05, 0.1) is 0 Å². The van der Waals surface area contributed by atoms with Crippen molar-refractivity contribution < 1.29 is 0 Å². The van der Waals surface area contributed by atoms with Gasteiger partial charge >= 0.3 is 0 Å². The lowest BCUT2D eigenvalue weighted by Crippen LogP contribution is -2.44. The first-order valence-electron chi connectivity index (χ1n) is 7.91. The zero-order chi connectivity index (χ0) is 13.9. The van der Waals surface area contributed by atoms with Gasteiger partial charge in [0.1, 0.15) is 0 Å². The third-order valence-electron chi connectivity index (χ3n) is 4.97. The molecule has 0 aromatic heterocycles. The summed E-state index contributed by atoms with van der Waals surface area (Å²) in [5, 5.41) is 3.57. The minimum atomic E-state index is 0.663. The third-order valence-corrected chi connectivity index (χ3v) is 4.97. The van der Waals surface area contributed by atoms with E-state index in [2.05, 4.69) is 53.5 Å². The van der Waals surface area contributed by atoms with Gasteiger partial charge in [0.15, 0.2) is 0 Å². The van der Waals surface area contributed by atoms with Crippen LogP contribution in [0.2, 0.25) is 0 Å². The minimum Gasteiger partial charge on any atom is -0.312 e. The summed E-state index contributed by atoms with van der Waals surface area (Å²) in [5.74, 6) is 0.663. The second kappa shape index (κ2) is 6.25. The number of nitrogens with zero attached hydrogens (tertiary/aromatic N) is 2. The summed E-state index contributed by atoms with van der Waals surface area (Å²) in [6, 6.07) is 9.73. The molecule has 1 N–H and O–H groups in total. The first-order valence-corrected chi connectivity index (χ1v) is 7.91. The maximum absolute atomic E-state index is 3.57. The van der Waals surface area contributed by atoms with Gasteiger partial charge in [-0.3, -0.25) is 0 Å². The summed E-state index contributed by atoms with van der Waals surface area (Å²) in [6.07, 6.45) is 2.63. The van der Waals surface area contributed by atoms with Crippen molar-refractivity contribution in [1.29, 1.82) is 0 Å². The Morgan fingerprint density at radius 2 is 1.95 bits per heavy atom. The highest BCUT2D eigenvalue weighted by Gasteiger charge is 2.25. The molecule has 0 spiro atoms. The van der Waals surface area contributed by atoms with Gasteiger partial charge in [-0.05, 0) is 51.2 Å². The fourth-order valence-corrected chi connectivity index (χ4v) is 3.68. The van der Waals surface area contributed by atoms with Gasteiger partial charge in [-0.2, -0.15) is 0 Å². The summed E-state index contributed by atoms with van der Waals surface area (Å²) in [4.78, 5) is 5.04. The molecule has 0 aliphatic carbocycles. The summed E-state index contributed by atoms with van der Waals surface area (Å²) in [7, 11) is 4.42. The smallest absolute Gasteiger partial charge is 0.0208 e. The zero-order valence-electron chi connectivity index (χ0n) is 12.8. The molecule has 1 unspecified atom stereocenters. The van der Waals surface area contributed by atoms with Gasteiger partial charge < -0.3 is 15.1 Å². The van der Waals surface area contributed by atoms with Crippen LogP contribution < -0.4 is 5.32 Å². The highest BCUT2D eigenvalue weighted by molar-refractivity contribution is 5.32. The van der Waals surface area contributed by atoms with Gasteiger partial charge in [0.25, 0.3) is 0 Å². The molecule has 3 nitrogen and oxygen atoms in total. The zero-order valence-corrected chi connectivity index (χ0v) is 12.8. The van der Waals surface area contributed by atoms with Crippen LogP contribution in [0.5, 0.6) is 0 Å². The quantitative estimate of drug-likeness (QED) is 0.907. The van der Waals surface area contributed by atoms with E-state index in [1.165, 1.54) is 38.0 Å². The highest BCUT2D eigenvalue weighted by Crippen LogP contribution is 2.26. The van der Waals surface area contributed by atoms with Crippen molar-refractivity contribution in [2.24, 2.45) is 0 Å². The van der Waals surface area contributed by atoms with E-state index in [0.29, 0.717) is 5.92 Å². The lowest BCUT2D eigenvalue weighted by Gasteiger charge is -2.38. The van der Waals surface area contributed by atoms with E-state index in [0.717, 1.165) is 19.1 Å². The Bertz CT molecular complexity index is 436. The lowest BCUT2D eigenvalue weighted by atomic mass is 9.90. The average molecular weight is 273 g/mol. The Kier molecular flexibility index (Phi) is 4.39. The summed E-state index contributed by atoms with van der Waals surface area (Å²) < 4.78 is 0. The number of fused-ring (bicyclic) bond motifs is 1. The maximum Gasteiger partial charge on any atom is 0.0208 e. The van der Waals surface area contributed by atoms with Gasteiger partial charge in [-0.1, -0.05) is 24.3 Å². The number of piperidine rings is 1. The molecule has 2 heterocycles. The van der Waals surface area contributed by atoms with Crippen LogP contribution in [0.3, 0.4) is 0 Å². The SMILES string of the molecule is CN(C)C1CCN(CC2CNCc3ccccc32)CC1. The number of likely N-dealkylation sites (tertiary alicyclic amines) is 1. The van der Waals surface area contributed by atoms with Gasteiger partial charge in [0.2, 0.25) is 0 Å². The predicted molar refractivity (Wildman–Crippen MR) is 84.0 cm³/mol. The fourth-order valence-electron chi connectivity index (χ4n) is 3.68. The molecule has 1 saturated heterocycles. The second-order valence-corrected chi connectivity index (χ2v) is 6.52. The Morgan fingerprint density at radius 1 is 1.20 bits per heavy atom.